The molecule has 0 aliphatic carbocycles. The van der Waals surface area contributed by atoms with E-state index in [1.165, 1.54) is 11.1 Å². The predicted octanol–water partition coefficient (Wildman–Crippen LogP) is 5.10. The second-order valence-corrected chi connectivity index (χ2v) is 11.8. The van der Waals surface area contributed by atoms with Crippen molar-refractivity contribution in [2.45, 2.75) is 45.6 Å². The summed E-state index contributed by atoms with van der Waals surface area (Å²) >= 11 is 0. The van der Waals surface area contributed by atoms with Gasteiger partial charge in [0.25, 0.3) is 0 Å². The van der Waals surface area contributed by atoms with E-state index < -0.39 is 0 Å². The molecule has 3 aromatic rings. The highest BCUT2D eigenvalue weighted by molar-refractivity contribution is 5.79. The van der Waals surface area contributed by atoms with Gasteiger partial charge in [0, 0.05) is 44.2 Å². The topological polar surface area (TPSA) is 65.7 Å². The van der Waals surface area contributed by atoms with Crippen LogP contribution in [0.15, 0.2) is 65.2 Å². The van der Waals surface area contributed by atoms with E-state index in [1.807, 2.05) is 6.07 Å². The van der Waals surface area contributed by atoms with E-state index in [-0.39, 0.29) is 11.3 Å². The van der Waals surface area contributed by atoms with Crippen molar-refractivity contribution >= 4 is 12.0 Å². The van der Waals surface area contributed by atoms with Crippen molar-refractivity contribution in [1.29, 1.82) is 0 Å². The standard InChI is InChI=1S/C32H41N5O2/c1-32(2,3)28-13-11-26(12-14-28)30-33-29(39-34-30)24-36-18-15-27(16-19-36)31(38)37-22-20-35(21-23-37)17-7-10-25-8-5-4-6-9-25/h4-14,27H,15-24H2,1-3H3/b10-7+. The highest BCUT2D eigenvalue weighted by Crippen LogP contribution is 2.26. The summed E-state index contributed by atoms with van der Waals surface area (Å²) in [4.78, 5) is 24.7. The molecule has 0 unspecified atom stereocenters. The van der Waals surface area contributed by atoms with Crippen LogP contribution in [0.3, 0.4) is 0 Å². The third kappa shape index (κ3) is 7.22. The lowest BCUT2D eigenvalue weighted by molar-refractivity contribution is -0.138. The summed E-state index contributed by atoms with van der Waals surface area (Å²) in [6.07, 6.45) is 6.16. The summed E-state index contributed by atoms with van der Waals surface area (Å²) < 4.78 is 5.56. The molecule has 1 amide bonds. The van der Waals surface area contributed by atoms with Gasteiger partial charge in [-0.25, -0.2) is 0 Å². The molecule has 7 heteroatoms. The number of piperidine rings is 1. The minimum Gasteiger partial charge on any atom is -0.340 e. The van der Waals surface area contributed by atoms with E-state index in [2.05, 4.69) is 106 Å². The van der Waals surface area contributed by atoms with E-state index in [4.69, 9.17) is 4.52 Å². The van der Waals surface area contributed by atoms with Gasteiger partial charge in [-0.05, 0) is 42.5 Å². The number of nitrogens with zero attached hydrogens (tertiary/aromatic N) is 5. The van der Waals surface area contributed by atoms with Gasteiger partial charge in [0.1, 0.15) is 0 Å². The lowest BCUT2D eigenvalue weighted by atomic mass is 9.87. The maximum Gasteiger partial charge on any atom is 0.241 e. The maximum atomic E-state index is 13.2. The van der Waals surface area contributed by atoms with Crippen molar-refractivity contribution in [2.24, 2.45) is 5.92 Å². The Bertz CT molecular complexity index is 1230. The Morgan fingerprint density at radius 1 is 0.923 bits per heavy atom. The van der Waals surface area contributed by atoms with Crippen molar-refractivity contribution in [3.8, 4) is 11.4 Å². The first-order valence-electron chi connectivity index (χ1n) is 14.2. The molecule has 1 aromatic heterocycles. The summed E-state index contributed by atoms with van der Waals surface area (Å²) in [6, 6.07) is 18.8. The number of likely N-dealkylation sites (tertiary alicyclic amines) is 1. The lowest BCUT2D eigenvalue weighted by Crippen LogP contribution is -2.51. The van der Waals surface area contributed by atoms with Gasteiger partial charge in [-0.15, -0.1) is 0 Å². The third-order valence-corrected chi connectivity index (χ3v) is 7.93. The Balaban J connectivity index is 1.04. The highest BCUT2D eigenvalue weighted by atomic mass is 16.5. The summed E-state index contributed by atoms with van der Waals surface area (Å²) in [7, 11) is 0. The van der Waals surface area contributed by atoms with Crippen LogP contribution in [-0.4, -0.2) is 76.6 Å². The zero-order valence-corrected chi connectivity index (χ0v) is 23.6. The smallest absolute Gasteiger partial charge is 0.241 e. The van der Waals surface area contributed by atoms with Gasteiger partial charge < -0.3 is 9.42 Å². The molecule has 2 aliphatic rings. The molecule has 2 aliphatic heterocycles. The molecule has 206 valence electrons. The second-order valence-electron chi connectivity index (χ2n) is 11.8. The van der Waals surface area contributed by atoms with Gasteiger partial charge in [-0.3, -0.25) is 14.6 Å². The molecule has 0 spiro atoms. The molecule has 0 saturated carbocycles. The first-order chi connectivity index (χ1) is 18.8. The van der Waals surface area contributed by atoms with E-state index in [9.17, 15) is 4.79 Å². The molecule has 0 bridgehead atoms. The van der Waals surface area contributed by atoms with Crippen LogP contribution in [0.5, 0.6) is 0 Å². The minimum absolute atomic E-state index is 0.114. The van der Waals surface area contributed by atoms with Crippen LogP contribution in [0.4, 0.5) is 0 Å². The Labute approximate surface area is 232 Å². The number of aromatic nitrogens is 2. The van der Waals surface area contributed by atoms with E-state index in [1.54, 1.807) is 0 Å². The molecule has 0 N–H and O–H groups in total. The van der Waals surface area contributed by atoms with E-state index in [0.29, 0.717) is 24.2 Å². The summed E-state index contributed by atoms with van der Waals surface area (Å²) in [6.45, 7) is 13.4. The normalized spacial score (nSPS) is 18.2. The number of carbonyl (C=O) groups is 1. The van der Waals surface area contributed by atoms with Crippen LogP contribution in [-0.2, 0) is 16.8 Å². The van der Waals surface area contributed by atoms with Gasteiger partial charge in [-0.2, -0.15) is 4.98 Å². The fraction of sp³-hybridized carbons (Fsp3) is 0.469. The fourth-order valence-corrected chi connectivity index (χ4v) is 5.40. The van der Waals surface area contributed by atoms with Crippen LogP contribution in [0.1, 0.15) is 50.6 Å². The molecular weight excluding hydrogens is 486 g/mol. The lowest BCUT2D eigenvalue weighted by Gasteiger charge is -2.38. The Kier molecular flexibility index (Phi) is 8.58. The van der Waals surface area contributed by atoms with Crippen LogP contribution in [0, 0.1) is 5.92 Å². The zero-order valence-electron chi connectivity index (χ0n) is 23.6. The Hall–Kier alpha value is -3.29. The largest absolute Gasteiger partial charge is 0.340 e. The Morgan fingerprint density at radius 2 is 1.62 bits per heavy atom. The van der Waals surface area contributed by atoms with Crippen molar-refractivity contribution in [1.82, 2.24) is 24.8 Å². The van der Waals surface area contributed by atoms with Crippen molar-refractivity contribution < 1.29 is 9.32 Å². The molecule has 3 heterocycles. The molecule has 7 nitrogen and oxygen atoms in total. The third-order valence-electron chi connectivity index (χ3n) is 7.93. The molecule has 2 fully saturated rings. The number of benzene rings is 2. The minimum atomic E-state index is 0.114. The molecular formula is C32H41N5O2. The quantitative estimate of drug-likeness (QED) is 0.426. The number of hydrogen-bond acceptors (Lipinski definition) is 6. The summed E-state index contributed by atoms with van der Waals surface area (Å²) in [5.41, 5.74) is 3.59. The molecule has 0 atom stereocenters. The van der Waals surface area contributed by atoms with Crippen LogP contribution in [0.2, 0.25) is 0 Å². The van der Waals surface area contributed by atoms with Gasteiger partial charge >= 0.3 is 0 Å². The number of piperazine rings is 1. The van der Waals surface area contributed by atoms with E-state index >= 15 is 0 Å². The zero-order chi connectivity index (χ0) is 27.2. The Morgan fingerprint density at radius 3 is 2.28 bits per heavy atom. The van der Waals surface area contributed by atoms with Gasteiger partial charge in [0.2, 0.25) is 17.6 Å². The number of amides is 1. The van der Waals surface area contributed by atoms with Crippen molar-refractivity contribution in [3.05, 3.63) is 77.7 Å². The molecule has 5 rings (SSSR count). The first kappa shape index (κ1) is 27.3. The van der Waals surface area contributed by atoms with Gasteiger partial charge in [0.15, 0.2) is 0 Å². The molecule has 0 radical (unpaired) electrons. The van der Waals surface area contributed by atoms with Crippen LogP contribution < -0.4 is 0 Å². The maximum absolute atomic E-state index is 13.2. The van der Waals surface area contributed by atoms with Crippen molar-refractivity contribution in [2.75, 3.05) is 45.8 Å². The molecule has 39 heavy (non-hydrogen) atoms. The van der Waals surface area contributed by atoms with Crippen molar-refractivity contribution in [3.63, 3.8) is 0 Å². The molecule has 2 saturated heterocycles. The monoisotopic (exact) mass is 527 g/mol. The molecule has 2 aromatic carbocycles. The number of rotatable bonds is 7. The van der Waals surface area contributed by atoms with Crippen LogP contribution in [0.25, 0.3) is 17.5 Å². The number of carbonyl (C=O) groups excluding carboxylic acids is 1. The average molecular weight is 528 g/mol. The summed E-state index contributed by atoms with van der Waals surface area (Å²) in [5, 5.41) is 4.21. The SMILES string of the molecule is CC(C)(C)c1ccc(-c2noc(CN3CCC(C(=O)N4CCN(C/C=C/c5ccccc5)CC4)CC3)n2)cc1. The van der Waals surface area contributed by atoms with Gasteiger partial charge in [0.05, 0.1) is 6.54 Å². The van der Waals surface area contributed by atoms with Gasteiger partial charge in [-0.1, -0.05) is 92.7 Å². The predicted molar refractivity (Wildman–Crippen MR) is 155 cm³/mol. The van der Waals surface area contributed by atoms with E-state index in [0.717, 1.165) is 64.2 Å². The summed E-state index contributed by atoms with van der Waals surface area (Å²) in [5.74, 6) is 1.70. The average Bonchev–Trinajstić information content (AvgIpc) is 3.42. The number of hydrogen-bond donors (Lipinski definition) is 0. The second kappa shape index (κ2) is 12.3. The van der Waals surface area contributed by atoms with Crippen LogP contribution >= 0.6 is 0 Å². The first-order valence-corrected chi connectivity index (χ1v) is 14.2. The fourth-order valence-electron chi connectivity index (χ4n) is 5.40. The highest BCUT2D eigenvalue weighted by Gasteiger charge is 2.30.